The molecule has 0 aliphatic heterocycles. The molecule has 0 saturated carbocycles. The molecule has 34 heavy (non-hydrogen) atoms. The molecule has 0 saturated heterocycles. The Morgan fingerprint density at radius 2 is 1.71 bits per heavy atom. The van der Waals surface area contributed by atoms with E-state index < -0.39 is 37.6 Å². The van der Waals surface area contributed by atoms with Crippen molar-refractivity contribution in [3.05, 3.63) is 46.7 Å². The molecule has 0 unspecified atom stereocenters. The van der Waals surface area contributed by atoms with Gasteiger partial charge in [0.2, 0.25) is 0 Å². The summed E-state index contributed by atoms with van der Waals surface area (Å²) in [6.45, 7) is 0.846. The van der Waals surface area contributed by atoms with Gasteiger partial charge < -0.3 is 40.0 Å². The van der Waals surface area contributed by atoms with Crippen molar-refractivity contribution in [2.75, 3.05) is 32.8 Å². The third-order valence-corrected chi connectivity index (χ3v) is 6.35. The van der Waals surface area contributed by atoms with E-state index in [0.29, 0.717) is 22.5 Å². The van der Waals surface area contributed by atoms with Crippen molar-refractivity contribution in [1.29, 1.82) is 0 Å². The summed E-state index contributed by atoms with van der Waals surface area (Å²) in [4.78, 5) is 8.66. The van der Waals surface area contributed by atoms with Gasteiger partial charge in [-0.3, -0.25) is 0 Å². The first-order chi connectivity index (χ1) is 16.3. The zero-order valence-corrected chi connectivity index (χ0v) is 20.6. The van der Waals surface area contributed by atoms with Gasteiger partial charge in [0.05, 0.1) is 25.8 Å². The van der Waals surface area contributed by atoms with Crippen LogP contribution in [-0.2, 0) is 4.74 Å². The van der Waals surface area contributed by atoms with Gasteiger partial charge in [-0.05, 0) is 30.7 Å². The molecule has 10 nitrogen and oxygen atoms in total. The lowest BCUT2D eigenvalue weighted by Gasteiger charge is -2.30. The maximum Gasteiger partial charge on any atom is 0.164 e. The highest BCUT2D eigenvalue weighted by molar-refractivity contribution is 9.10. The third kappa shape index (κ3) is 5.57. The van der Waals surface area contributed by atoms with E-state index >= 15 is 0 Å². The normalized spacial score (nSPS) is 14.9. The molecule has 3 aromatic rings. The van der Waals surface area contributed by atoms with E-state index in [1.54, 1.807) is 12.1 Å². The number of benzene rings is 2. The fraction of sp³-hybridized carbons (Fsp3) is 0.391. The highest BCUT2D eigenvalue weighted by Gasteiger charge is 2.34. The van der Waals surface area contributed by atoms with Gasteiger partial charge in [0.25, 0.3) is 0 Å². The summed E-state index contributed by atoms with van der Waals surface area (Å²) in [7, 11) is 2.74. The molecule has 0 fully saturated rings. The van der Waals surface area contributed by atoms with Crippen LogP contribution < -0.4 is 14.8 Å². The Morgan fingerprint density at radius 1 is 1.00 bits per heavy atom. The second kappa shape index (κ2) is 11.7. The quantitative estimate of drug-likeness (QED) is 0.245. The number of hydrogen-bond acceptors (Lipinski definition) is 10. The highest BCUT2D eigenvalue weighted by Crippen LogP contribution is 2.36. The molecule has 184 valence electrons. The van der Waals surface area contributed by atoms with Gasteiger partial charge in [0.1, 0.15) is 30.5 Å². The zero-order chi connectivity index (χ0) is 24.8. The molecule has 0 aliphatic carbocycles. The van der Waals surface area contributed by atoms with E-state index in [1.165, 1.54) is 20.5 Å². The largest absolute Gasteiger partial charge is 0.493 e. The summed E-state index contributed by atoms with van der Waals surface area (Å²) >= 11 is 3.52. The van der Waals surface area contributed by atoms with E-state index in [9.17, 15) is 20.4 Å². The molecule has 1 aromatic heterocycles. The molecule has 2 aromatic carbocycles. The summed E-state index contributed by atoms with van der Waals surface area (Å²) < 4.78 is 17.2. The SMILES string of the molecule is COc1cc2c(Nc3cccc(Br)c3C)ncnc2cc1O[C@@H](CO)[C@@H](O)[C@H](O)[C@H](CO)OC. The second-order valence-corrected chi connectivity index (χ2v) is 8.41. The van der Waals surface area contributed by atoms with Crippen LogP contribution >= 0.6 is 15.9 Å². The van der Waals surface area contributed by atoms with Gasteiger partial charge in [-0.2, -0.15) is 0 Å². The van der Waals surface area contributed by atoms with Crippen molar-refractivity contribution < 1.29 is 34.6 Å². The summed E-state index contributed by atoms with van der Waals surface area (Å²) in [5.74, 6) is 1.06. The molecule has 0 radical (unpaired) electrons. The lowest BCUT2D eigenvalue weighted by atomic mass is 10.0. The molecular weight excluding hydrogens is 510 g/mol. The number of fused-ring (bicyclic) bond motifs is 1. The molecule has 5 N–H and O–H groups in total. The molecule has 0 bridgehead atoms. The summed E-state index contributed by atoms with van der Waals surface area (Å²) in [5, 5.41) is 43.9. The number of aliphatic hydroxyl groups excluding tert-OH is 4. The Labute approximate surface area is 205 Å². The van der Waals surface area contributed by atoms with E-state index in [2.05, 4.69) is 31.2 Å². The van der Waals surface area contributed by atoms with Crippen molar-refractivity contribution in [3.8, 4) is 11.5 Å². The predicted octanol–water partition coefficient (Wildman–Crippen LogP) is 1.92. The van der Waals surface area contributed by atoms with Gasteiger partial charge in [-0.25, -0.2) is 9.97 Å². The minimum absolute atomic E-state index is 0.196. The van der Waals surface area contributed by atoms with Crippen LogP contribution in [-0.4, -0.2) is 82.2 Å². The monoisotopic (exact) mass is 537 g/mol. The number of rotatable bonds is 11. The molecule has 3 rings (SSSR count). The Hall–Kier alpha value is -2.54. The van der Waals surface area contributed by atoms with E-state index in [1.807, 2.05) is 25.1 Å². The molecule has 11 heteroatoms. The van der Waals surface area contributed by atoms with Crippen LogP contribution in [0.3, 0.4) is 0 Å². The van der Waals surface area contributed by atoms with E-state index in [0.717, 1.165) is 15.7 Å². The van der Waals surface area contributed by atoms with Gasteiger partial charge in [-0.15, -0.1) is 0 Å². The number of hydrogen-bond donors (Lipinski definition) is 5. The highest BCUT2D eigenvalue weighted by atomic mass is 79.9. The predicted molar refractivity (Wildman–Crippen MR) is 130 cm³/mol. The standard InChI is InChI=1S/C23H28BrN3O7/c1-12-14(24)5-4-6-15(12)27-23-13-7-17(32-2)18(8-16(13)25-11-26-23)34-20(10-29)22(31)21(30)19(9-28)33-3/h4-8,11,19-22,28-31H,9-10H2,1-3H3,(H,25,26,27)/t19-,20-,21+,22+/m0/s1. The maximum absolute atomic E-state index is 10.5. The first-order valence-corrected chi connectivity index (χ1v) is 11.3. The Balaban J connectivity index is 1.94. The molecule has 0 aliphatic rings. The lowest BCUT2D eigenvalue weighted by molar-refractivity contribution is -0.127. The fourth-order valence-electron chi connectivity index (χ4n) is 3.43. The van der Waals surface area contributed by atoms with Crippen LogP contribution in [0, 0.1) is 6.92 Å². The Kier molecular flexibility index (Phi) is 9.00. The Morgan fingerprint density at radius 3 is 2.35 bits per heavy atom. The number of methoxy groups -OCH3 is 2. The zero-order valence-electron chi connectivity index (χ0n) is 19.0. The van der Waals surface area contributed by atoms with Crippen LogP contribution in [0.25, 0.3) is 10.9 Å². The van der Waals surface area contributed by atoms with Crippen LogP contribution in [0.5, 0.6) is 11.5 Å². The summed E-state index contributed by atoms with van der Waals surface area (Å²) in [5.41, 5.74) is 2.40. The number of aromatic nitrogens is 2. The van der Waals surface area contributed by atoms with Crippen LogP contribution in [0.15, 0.2) is 41.1 Å². The van der Waals surface area contributed by atoms with E-state index in [-0.39, 0.29) is 5.75 Å². The van der Waals surface area contributed by atoms with Gasteiger partial charge in [0, 0.05) is 28.7 Å². The molecule has 0 spiro atoms. The maximum atomic E-state index is 10.5. The summed E-state index contributed by atoms with van der Waals surface area (Å²) in [6.07, 6.45) is -3.92. The number of nitrogens with zero attached hydrogens (tertiary/aromatic N) is 2. The van der Waals surface area contributed by atoms with Crippen molar-refractivity contribution in [2.24, 2.45) is 0 Å². The first kappa shape index (κ1) is 26.1. The molecule has 0 amide bonds. The molecule has 4 atom stereocenters. The molecule has 1 heterocycles. The number of nitrogens with one attached hydrogen (secondary N) is 1. The number of ether oxygens (including phenoxy) is 3. The third-order valence-electron chi connectivity index (χ3n) is 5.49. The molecular formula is C23H28BrN3O7. The van der Waals surface area contributed by atoms with E-state index in [4.69, 9.17) is 14.2 Å². The average molecular weight is 538 g/mol. The lowest BCUT2D eigenvalue weighted by Crippen LogP contribution is -2.49. The Bertz CT molecular complexity index is 1110. The van der Waals surface area contributed by atoms with Crippen LogP contribution in [0.1, 0.15) is 5.56 Å². The van der Waals surface area contributed by atoms with Crippen LogP contribution in [0.2, 0.25) is 0 Å². The van der Waals surface area contributed by atoms with Crippen molar-refractivity contribution in [2.45, 2.75) is 31.3 Å². The number of halogens is 1. The first-order valence-electron chi connectivity index (χ1n) is 10.5. The fourth-order valence-corrected chi connectivity index (χ4v) is 3.79. The summed E-state index contributed by atoms with van der Waals surface area (Å²) in [6, 6.07) is 9.07. The van der Waals surface area contributed by atoms with Crippen LogP contribution in [0.4, 0.5) is 11.5 Å². The van der Waals surface area contributed by atoms with Gasteiger partial charge in [-0.1, -0.05) is 22.0 Å². The van der Waals surface area contributed by atoms with Crippen molar-refractivity contribution >= 4 is 38.3 Å². The van der Waals surface area contributed by atoms with Crippen molar-refractivity contribution in [3.63, 3.8) is 0 Å². The number of anilines is 2. The smallest absolute Gasteiger partial charge is 0.164 e. The minimum Gasteiger partial charge on any atom is -0.493 e. The minimum atomic E-state index is -1.55. The topological polar surface area (TPSA) is 146 Å². The number of aliphatic hydroxyl groups is 4. The van der Waals surface area contributed by atoms with Gasteiger partial charge >= 0.3 is 0 Å². The van der Waals surface area contributed by atoms with Crippen molar-refractivity contribution in [1.82, 2.24) is 9.97 Å². The second-order valence-electron chi connectivity index (χ2n) is 7.56. The average Bonchev–Trinajstić information content (AvgIpc) is 2.85. The van der Waals surface area contributed by atoms with Gasteiger partial charge in [0.15, 0.2) is 17.6 Å².